The Kier molecular flexibility index (Phi) is 7.65. The first kappa shape index (κ1) is 26.4. The van der Waals surface area contributed by atoms with Crippen molar-refractivity contribution in [2.24, 2.45) is 11.8 Å². The lowest BCUT2D eigenvalue weighted by Crippen LogP contribution is -2.66. The van der Waals surface area contributed by atoms with Crippen LogP contribution in [0.1, 0.15) is 20.3 Å². The van der Waals surface area contributed by atoms with Gasteiger partial charge in [-0.15, -0.1) is 11.8 Å². The fourth-order valence-electron chi connectivity index (χ4n) is 4.76. The highest BCUT2D eigenvalue weighted by atomic mass is 32.2. The van der Waals surface area contributed by atoms with Crippen LogP contribution in [0.25, 0.3) is 0 Å². The molecule has 3 heterocycles. The van der Waals surface area contributed by atoms with Crippen LogP contribution < -0.4 is 15.4 Å². The van der Waals surface area contributed by atoms with Crippen LogP contribution in [0.5, 0.6) is 0 Å². The highest BCUT2D eigenvalue weighted by Gasteiger charge is 2.60. The number of carbonyl (C=O) groups is 4. The Morgan fingerprint density at radius 3 is 2.53 bits per heavy atom. The molecular formula is C20H31N5O7S2. The van der Waals surface area contributed by atoms with Crippen LogP contribution in [0.15, 0.2) is 10.6 Å². The molecule has 0 aliphatic carbocycles. The van der Waals surface area contributed by atoms with Gasteiger partial charge in [0, 0.05) is 42.8 Å². The predicted molar refractivity (Wildman–Crippen MR) is 125 cm³/mol. The third-order valence-electron chi connectivity index (χ3n) is 6.34. The van der Waals surface area contributed by atoms with Gasteiger partial charge in [0.15, 0.2) is 0 Å². The number of nitrogens with zero attached hydrogens (tertiary/aromatic N) is 2. The first-order chi connectivity index (χ1) is 15.7. The van der Waals surface area contributed by atoms with Gasteiger partial charge >= 0.3 is 5.97 Å². The molecule has 3 aliphatic heterocycles. The summed E-state index contributed by atoms with van der Waals surface area (Å²) >= 11 is 1.39. The van der Waals surface area contributed by atoms with Crippen LogP contribution in [0.3, 0.4) is 0 Å². The molecule has 3 amide bonds. The van der Waals surface area contributed by atoms with Crippen LogP contribution in [0.2, 0.25) is 0 Å². The van der Waals surface area contributed by atoms with E-state index in [0.717, 1.165) is 6.26 Å². The molecule has 4 N–H and O–H groups in total. The van der Waals surface area contributed by atoms with Crippen molar-refractivity contribution in [2.75, 3.05) is 33.4 Å². The molecule has 14 heteroatoms. The Morgan fingerprint density at radius 1 is 1.32 bits per heavy atom. The van der Waals surface area contributed by atoms with Crippen molar-refractivity contribution >= 4 is 45.5 Å². The number of thioether (sulfide) groups is 1. The molecule has 0 aromatic carbocycles. The van der Waals surface area contributed by atoms with Gasteiger partial charge in [0.1, 0.15) is 5.70 Å². The predicted octanol–water partition coefficient (Wildman–Crippen LogP) is -1.63. The summed E-state index contributed by atoms with van der Waals surface area (Å²) in [4.78, 5) is 52.8. The summed E-state index contributed by atoms with van der Waals surface area (Å²) in [5, 5.41) is 15.7. The number of aliphatic carboxylic acids is 1. The molecule has 3 rings (SSSR count). The Bertz CT molecular complexity index is 1030. The second-order valence-corrected chi connectivity index (χ2v) is 12.3. The topological polar surface area (TPSA) is 165 Å². The number of carboxylic acid groups (broad SMARTS) is 1. The zero-order valence-electron chi connectivity index (χ0n) is 19.7. The standard InChI is InChI=1S/C20H31N5O7S2/c1-9-15-14(10(2)23-13(26)8-22-34(5,31)32)19(28)25(15)16(20(29)30)17(9)33-11-6-12(21-7-11)18(27)24(3)4/h9-12,14-15,21-22H,6-8H2,1-5H3,(H,23,26)(H,29,30)/t9-,10-,11+,12+,14-,15-/m1/s1. The second kappa shape index (κ2) is 9.84. The van der Waals surface area contributed by atoms with Gasteiger partial charge in [0.2, 0.25) is 27.7 Å². The molecule has 3 aliphatic rings. The number of hydrogen-bond acceptors (Lipinski definition) is 8. The van der Waals surface area contributed by atoms with Crippen molar-refractivity contribution < 1.29 is 32.7 Å². The largest absolute Gasteiger partial charge is 0.477 e. The van der Waals surface area contributed by atoms with E-state index in [-0.39, 0.29) is 34.7 Å². The molecule has 0 spiro atoms. The molecule has 0 aromatic heterocycles. The Morgan fingerprint density at radius 2 is 1.97 bits per heavy atom. The van der Waals surface area contributed by atoms with Crippen molar-refractivity contribution in [3.05, 3.63) is 10.6 Å². The van der Waals surface area contributed by atoms with Gasteiger partial charge < -0.3 is 25.5 Å². The third kappa shape index (κ3) is 5.24. The van der Waals surface area contributed by atoms with Gasteiger partial charge in [-0.1, -0.05) is 6.92 Å². The monoisotopic (exact) mass is 517 g/mol. The van der Waals surface area contributed by atoms with Crippen molar-refractivity contribution in [1.29, 1.82) is 0 Å². The maximum absolute atomic E-state index is 12.9. The van der Waals surface area contributed by atoms with Gasteiger partial charge in [-0.05, 0) is 13.3 Å². The molecule has 0 unspecified atom stereocenters. The Hall–Kier alpha value is -2.16. The second-order valence-electron chi connectivity index (χ2n) is 9.15. The van der Waals surface area contributed by atoms with Crippen LogP contribution in [0.4, 0.5) is 0 Å². The zero-order valence-corrected chi connectivity index (χ0v) is 21.3. The van der Waals surface area contributed by atoms with E-state index >= 15 is 0 Å². The number of amides is 3. The summed E-state index contributed by atoms with van der Waals surface area (Å²) in [5.41, 5.74) is -0.0385. The first-order valence-electron chi connectivity index (χ1n) is 10.9. The van der Waals surface area contributed by atoms with Crippen molar-refractivity contribution in [3.63, 3.8) is 0 Å². The molecule has 12 nitrogen and oxygen atoms in total. The van der Waals surface area contributed by atoms with Gasteiger partial charge in [-0.2, -0.15) is 0 Å². The summed E-state index contributed by atoms with van der Waals surface area (Å²) in [6.45, 7) is 3.60. The SMILES string of the molecule is C[C@@H](NC(=O)CNS(C)(=O)=O)[C@H]1C(=O)N2C(C(=O)O)=C(S[C@@H]3CN[C@H](C(=O)N(C)C)C3)[C@H](C)[C@H]12. The highest BCUT2D eigenvalue weighted by Crippen LogP contribution is 2.51. The molecular weight excluding hydrogens is 486 g/mol. The number of β-lactam (4-membered cyclic amide) rings is 1. The summed E-state index contributed by atoms with van der Waals surface area (Å²) in [7, 11) is -0.174. The van der Waals surface area contributed by atoms with Crippen LogP contribution in [0, 0.1) is 11.8 Å². The summed E-state index contributed by atoms with van der Waals surface area (Å²) in [6, 6.07) is -1.37. The van der Waals surface area contributed by atoms with Crippen molar-refractivity contribution in [1.82, 2.24) is 25.2 Å². The summed E-state index contributed by atoms with van der Waals surface area (Å²) in [5.74, 6) is -3.10. The molecule has 0 saturated carbocycles. The van der Waals surface area contributed by atoms with Crippen LogP contribution >= 0.6 is 11.8 Å². The van der Waals surface area contributed by atoms with Crippen molar-refractivity contribution in [2.45, 2.75) is 43.6 Å². The van der Waals surface area contributed by atoms with Gasteiger partial charge in [-0.25, -0.2) is 17.9 Å². The lowest BCUT2D eigenvalue weighted by molar-refractivity contribution is -0.158. The lowest BCUT2D eigenvalue weighted by Gasteiger charge is -2.47. The van der Waals surface area contributed by atoms with Crippen LogP contribution in [-0.2, 0) is 29.2 Å². The molecule has 0 aromatic rings. The fourth-order valence-corrected chi connectivity index (χ4v) is 6.63. The van der Waals surface area contributed by atoms with E-state index in [2.05, 4.69) is 15.4 Å². The number of hydrogen-bond donors (Lipinski definition) is 4. The minimum atomic E-state index is -3.54. The fraction of sp³-hybridized carbons (Fsp3) is 0.700. The minimum Gasteiger partial charge on any atom is -0.477 e. The average molecular weight is 518 g/mol. The normalized spacial score (nSPS) is 29.5. The van der Waals surface area contributed by atoms with Crippen molar-refractivity contribution in [3.8, 4) is 0 Å². The number of carbonyl (C=O) groups excluding carboxylic acids is 3. The number of carboxylic acids is 1. The quantitative estimate of drug-likeness (QED) is 0.263. The Balaban J connectivity index is 1.70. The third-order valence-corrected chi connectivity index (χ3v) is 8.52. The van der Waals surface area contributed by atoms with E-state index < -0.39 is 46.4 Å². The molecule has 2 fully saturated rings. The van der Waals surface area contributed by atoms with Gasteiger partial charge in [0.25, 0.3) is 0 Å². The minimum absolute atomic E-state index is 0.0212. The molecule has 0 bridgehead atoms. The van der Waals surface area contributed by atoms with E-state index in [1.165, 1.54) is 21.6 Å². The Labute approximate surface area is 202 Å². The molecule has 0 radical (unpaired) electrons. The van der Waals surface area contributed by atoms with E-state index in [9.17, 15) is 32.7 Å². The van der Waals surface area contributed by atoms with Crippen LogP contribution in [-0.4, -0.2) is 104 Å². The number of sulfonamides is 1. The number of rotatable bonds is 9. The maximum atomic E-state index is 12.9. The smallest absolute Gasteiger partial charge is 0.353 e. The van der Waals surface area contributed by atoms with E-state index in [4.69, 9.17) is 0 Å². The van der Waals surface area contributed by atoms with E-state index in [1.807, 2.05) is 6.92 Å². The van der Waals surface area contributed by atoms with E-state index in [0.29, 0.717) is 17.9 Å². The van der Waals surface area contributed by atoms with Gasteiger partial charge in [-0.3, -0.25) is 14.4 Å². The molecule has 190 valence electrons. The van der Waals surface area contributed by atoms with E-state index in [1.54, 1.807) is 21.0 Å². The first-order valence-corrected chi connectivity index (χ1v) is 13.7. The van der Waals surface area contributed by atoms with Gasteiger partial charge in [0.05, 0.1) is 30.8 Å². The molecule has 34 heavy (non-hydrogen) atoms. The highest BCUT2D eigenvalue weighted by molar-refractivity contribution is 8.03. The lowest BCUT2D eigenvalue weighted by atomic mass is 9.78. The zero-order chi connectivity index (χ0) is 25.5. The molecule has 6 atom stereocenters. The molecule has 2 saturated heterocycles. The number of nitrogens with one attached hydrogen (secondary N) is 3. The summed E-state index contributed by atoms with van der Waals surface area (Å²) in [6.07, 6.45) is 1.49. The summed E-state index contributed by atoms with van der Waals surface area (Å²) < 4.78 is 24.5. The number of likely N-dealkylation sites (N-methyl/N-ethyl adjacent to an activating group) is 1. The maximum Gasteiger partial charge on any atom is 0.353 e. The average Bonchev–Trinajstić information content (AvgIpc) is 3.27. The number of fused-ring (bicyclic) bond motifs is 1.